The van der Waals surface area contributed by atoms with Gasteiger partial charge in [-0.25, -0.2) is 12.8 Å². The van der Waals surface area contributed by atoms with E-state index in [-0.39, 0.29) is 22.7 Å². The monoisotopic (exact) mass is 678 g/mol. The summed E-state index contributed by atoms with van der Waals surface area (Å²) in [6.07, 6.45) is -1.15. The van der Waals surface area contributed by atoms with Crippen molar-refractivity contribution in [1.82, 2.24) is 5.32 Å². The number of rotatable bonds is 13. The number of aliphatic hydroxyl groups excluding tert-OH is 2. The molecule has 1 fully saturated rings. The third-order valence-corrected chi connectivity index (χ3v) is 9.19. The third kappa shape index (κ3) is 8.64. The minimum absolute atomic E-state index is 0.191. The molecule has 5 N–H and O–H groups in total. The molecule has 1 aliphatic rings. The number of ether oxygens (including phenoxy) is 2. The number of amides is 2. The Bertz CT molecular complexity index is 1540. The quantitative estimate of drug-likeness (QED) is 0.197. The van der Waals surface area contributed by atoms with Crippen LogP contribution in [0.5, 0.6) is 11.5 Å². The number of benzene rings is 2. The molecule has 3 rings (SSSR count). The fourth-order valence-corrected chi connectivity index (χ4v) is 5.63. The molecule has 0 bridgehead atoms. The van der Waals surface area contributed by atoms with Crippen LogP contribution in [0.25, 0.3) is 0 Å². The molecule has 254 valence electrons. The summed E-state index contributed by atoms with van der Waals surface area (Å²) in [5, 5.41) is 33.4. The second-order valence-corrected chi connectivity index (χ2v) is 13.1. The van der Waals surface area contributed by atoms with Gasteiger partial charge in [0.05, 0.1) is 47.7 Å². The number of carbonyl (C=O) groups is 3. The van der Waals surface area contributed by atoms with E-state index >= 15 is 0 Å². The average molecular weight is 679 g/mol. The van der Waals surface area contributed by atoms with Gasteiger partial charge >= 0.3 is 11.5 Å². The Labute approximate surface area is 261 Å². The van der Waals surface area contributed by atoms with E-state index in [0.717, 1.165) is 24.3 Å². The number of sulfone groups is 1. The molecule has 12 nitrogen and oxygen atoms in total. The van der Waals surface area contributed by atoms with Crippen LogP contribution >= 0.6 is 0 Å². The molecule has 0 aliphatic heterocycles. The first-order valence-corrected chi connectivity index (χ1v) is 15.5. The number of alkyl halides is 3. The van der Waals surface area contributed by atoms with Crippen LogP contribution < -0.4 is 20.1 Å². The Morgan fingerprint density at radius 2 is 1.76 bits per heavy atom. The first-order chi connectivity index (χ1) is 21.4. The molecule has 17 heteroatoms. The topological polar surface area (TPSA) is 189 Å². The highest BCUT2D eigenvalue weighted by atomic mass is 32.2. The summed E-state index contributed by atoms with van der Waals surface area (Å²) in [5.41, 5.74) is -7.03. The van der Waals surface area contributed by atoms with Crippen LogP contribution in [0.2, 0.25) is 0 Å². The van der Waals surface area contributed by atoms with Gasteiger partial charge in [0, 0.05) is 18.3 Å². The number of methoxy groups -OCH3 is 1. The normalized spacial score (nSPS) is 19.9. The first-order valence-electron chi connectivity index (χ1n) is 14.0. The molecule has 0 spiro atoms. The standard InChI is InChI=1S/C29H34F4N2O10S/c1-28(27(40)41)8-6-19(7-9-28)45-24-12-21(23(44-2)13-22(24)30)26(39)34-14-16(10-18(37)15-36)25(38)35-17-4-3-5-20(11-17)46(42,43)29(31,32)33/h3-5,11-13,16,18-19,36-37H,6-10,14-15H2,1-2H3,(H,34,39)(H,35,38)(H,40,41)/t16-,18-,19-,28+/m0/s1. The highest BCUT2D eigenvalue weighted by Gasteiger charge is 2.47. The van der Waals surface area contributed by atoms with Gasteiger partial charge < -0.3 is 35.4 Å². The Morgan fingerprint density at radius 3 is 2.33 bits per heavy atom. The maximum atomic E-state index is 14.9. The van der Waals surface area contributed by atoms with Crippen LogP contribution in [-0.4, -0.2) is 79.5 Å². The van der Waals surface area contributed by atoms with Gasteiger partial charge in [-0.15, -0.1) is 0 Å². The Hall–Kier alpha value is -3.96. The van der Waals surface area contributed by atoms with Crippen molar-refractivity contribution in [2.45, 2.75) is 61.6 Å². The van der Waals surface area contributed by atoms with Gasteiger partial charge in [0.15, 0.2) is 11.6 Å². The zero-order valence-corrected chi connectivity index (χ0v) is 25.6. The number of carboxylic acids is 1. The van der Waals surface area contributed by atoms with E-state index in [0.29, 0.717) is 37.8 Å². The fourth-order valence-electron chi connectivity index (χ4n) is 4.83. The van der Waals surface area contributed by atoms with Crippen molar-refractivity contribution in [2.24, 2.45) is 11.3 Å². The van der Waals surface area contributed by atoms with Crippen molar-refractivity contribution in [3.05, 3.63) is 47.8 Å². The summed E-state index contributed by atoms with van der Waals surface area (Å²) in [7, 11) is -4.53. The van der Waals surface area contributed by atoms with Gasteiger partial charge in [-0.1, -0.05) is 6.07 Å². The molecule has 0 radical (unpaired) electrons. The molecular weight excluding hydrogens is 644 g/mol. The Balaban J connectivity index is 1.77. The van der Waals surface area contributed by atoms with Crippen LogP contribution in [-0.2, 0) is 19.4 Å². The molecule has 1 saturated carbocycles. The fraction of sp³-hybridized carbons (Fsp3) is 0.483. The predicted octanol–water partition coefficient (Wildman–Crippen LogP) is 3.27. The molecule has 2 aromatic carbocycles. The lowest BCUT2D eigenvalue weighted by molar-refractivity contribution is -0.150. The van der Waals surface area contributed by atoms with Crippen LogP contribution in [0.15, 0.2) is 41.3 Å². The van der Waals surface area contributed by atoms with Gasteiger partial charge in [0.2, 0.25) is 5.91 Å². The van der Waals surface area contributed by atoms with Crippen molar-refractivity contribution in [2.75, 3.05) is 25.6 Å². The molecule has 2 aromatic rings. The zero-order chi connectivity index (χ0) is 34.4. The van der Waals surface area contributed by atoms with Gasteiger partial charge in [-0.05, 0) is 63.3 Å². The zero-order valence-electron chi connectivity index (χ0n) is 24.8. The van der Waals surface area contributed by atoms with Crippen molar-refractivity contribution in [3.63, 3.8) is 0 Å². The second kappa shape index (κ2) is 14.6. The first kappa shape index (κ1) is 36.5. The summed E-state index contributed by atoms with van der Waals surface area (Å²) in [4.78, 5) is 36.6. The van der Waals surface area contributed by atoms with Crippen LogP contribution in [0, 0.1) is 17.2 Å². The smallest absolute Gasteiger partial charge is 0.496 e. The van der Waals surface area contributed by atoms with E-state index in [2.05, 4.69) is 10.6 Å². The average Bonchev–Trinajstić information content (AvgIpc) is 3.00. The van der Waals surface area contributed by atoms with Gasteiger partial charge in [-0.3, -0.25) is 14.4 Å². The second-order valence-electron chi connectivity index (χ2n) is 11.1. The molecule has 1 aliphatic carbocycles. The Kier molecular flexibility index (Phi) is 11.6. The van der Waals surface area contributed by atoms with Gasteiger partial charge in [0.1, 0.15) is 5.75 Å². The number of carbonyl (C=O) groups excluding carboxylic acids is 2. The maximum Gasteiger partial charge on any atom is 0.501 e. The van der Waals surface area contributed by atoms with Crippen molar-refractivity contribution in [1.29, 1.82) is 0 Å². The lowest BCUT2D eigenvalue weighted by Gasteiger charge is -2.34. The molecule has 0 saturated heterocycles. The largest absolute Gasteiger partial charge is 0.501 e. The predicted molar refractivity (Wildman–Crippen MR) is 153 cm³/mol. The summed E-state index contributed by atoms with van der Waals surface area (Å²) in [6.45, 7) is 0.357. The van der Waals surface area contributed by atoms with E-state index in [1.807, 2.05) is 0 Å². The minimum atomic E-state index is -5.72. The molecule has 0 aromatic heterocycles. The molecule has 0 unspecified atom stereocenters. The van der Waals surface area contributed by atoms with Crippen LogP contribution in [0.1, 0.15) is 49.4 Å². The highest BCUT2D eigenvalue weighted by Crippen LogP contribution is 2.38. The lowest BCUT2D eigenvalue weighted by Crippen LogP contribution is -2.38. The summed E-state index contributed by atoms with van der Waals surface area (Å²) in [5.74, 6) is -5.37. The van der Waals surface area contributed by atoms with E-state index in [4.69, 9.17) is 9.47 Å². The van der Waals surface area contributed by atoms with Crippen LogP contribution in [0.3, 0.4) is 0 Å². The van der Waals surface area contributed by atoms with Gasteiger partial charge in [-0.2, -0.15) is 13.2 Å². The van der Waals surface area contributed by atoms with Crippen LogP contribution in [0.4, 0.5) is 23.2 Å². The maximum absolute atomic E-state index is 14.9. The van der Waals surface area contributed by atoms with Crippen molar-refractivity contribution < 1.29 is 65.2 Å². The molecule has 0 heterocycles. The number of aliphatic hydroxyl groups is 2. The third-order valence-electron chi connectivity index (χ3n) is 7.71. The summed E-state index contributed by atoms with van der Waals surface area (Å²) in [6, 6.07) is 5.39. The van der Waals surface area contributed by atoms with E-state index in [1.54, 1.807) is 6.92 Å². The SMILES string of the molecule is COc1cc(F)c(O[C@H]2CC[C@@](C)(C(=O)O)CC2)cc1C(=O)NC[C@H](C[C@H](O)CO)C(=O)Nc1cccc(S(=O)(=O)C(F)(F)F)c1. The number of halogens is 4. The number of anilines is 1. The minimum Gasteiger partial charge on any atom is -0.496 e. The molecule has 2 atom stereocenters. The lowest BCUT2D eigenvalue weighted by atomic mass is 9.75. The molecular formula is C29H34F4N2O10S. The summed E-state index contributed by atoms with van der Waals surface area (Å²) >= 11 is 0. The number of carboxylic acid groups (broad SMARTS) is 1. The number of aliphatic carboxylic acids is 1. The van der Waals surface area contributed by atoms with E-state index in [1.165, 1.54) is 7.11 Å². The molecule has 46 heavy (non-hydrogen) atoms. The van der Waals surface area contributed by atoms with Crippen molar-refractivity contribution in [3.8, 4) is 11.5 Å². The van der Waals surface area contributed by atoms with Crippen molar-refractivity contribution >= 4 is 33.3 Å². The Morgan fingerprint density at radius 1 is 1.11 bits per heavy atom. The highest BCUT2D eigenvalue weighted by molar-refractivity contribution is 7.92. The molecule has 2 amide bonds. The number of hydrogen-bond donors (Lipinski definition) is 5. The number of hydrogen-bond acceptors (Lipinski definition) is 9. The van der Waals surface area contributed by atoms with E-state index in [9.17, 15) is 55.7 Å². The van der Waals surface area contributed by atoms with Gasteiger partial charge in [0.25, 0.3) is 15.7 Å². The van der Waals surface area contributed by atoms with E-state index < -0.39 is 87.0 Å². The summed E-state index contributed by atoms with van der Waals surface area (Å²) < 4.78 is 88.2. The number of nitrogens with one attached hydrogen (secondary N) is 2.